The van der Waals surface area contributed by atoms with E-state index in [0.717, 1.165) is 86.8 Å². The minimum Gasteiger partial charge on any atom is -0.491 e. The third-order valence-electron chi connectivity index (χ3n) is 10.7. The second-order valence-corrected chi connectivity index (χ2v) is 16.0. The number of hydrogen-bond donors (Lipinski definition) is 4. The number of allylic oxidation sites excluding steroid dienone is 1. The third kappa shape index (κ3) is 10.1. The average molecular weight is 754 g/mol. The zero-order chi connectivity index (χ0) is 38.2. The van der Waals surface area contributed by atoms with E-state index in [-0.39, 0.29) is 29.7 Å². The van der Waals surface area contributed by atoms with Crippen LogP contribution in [0.4, 0.5) is 16.4 Å². The summed E-state index contributed by atoms with van der Waals surface area (Å²) in [4.78, 5) is 15.9. The summed E-state index contributed by atoms with van der Waals surface area (Å²) in [6.45, 7) is 10.6. The number of rotatable bonds is 14. The molecule has 2 fully saturated rings. The van der Waals surface area contributed by atoms with Gasteiger partial charge < -0.3 is 29.8 Å². The van der Waals surface area contributed by atoms with E-state index in [2.05, 4.69) is 49.0 Å². The van der Waals surface area contributed by atoms with Gasteiger partial charge in [0, 0.05) is 49.4 Å². The molecule has 5 heterocycles. The molecule has 0 spiro atoms. The molecule has 1 aliphatic carbocycles. The first kappa shape index (κ1) is 38.5. The summed E-state index contributed by atoms with van der Waals surface area (Å²) in [6.07, 6.45) is 16.6. The van der Waals surface area contributed by atoms with Crippen molar-refractivity contribution >= 4 is 29.0 Å². The quantitative estimate of drug-likeness (QED) is 0.0909. The number of urea groups is 1. The number of nitrogens with zero attached hydrogens (tertiary/aromatic N) is 6. The summed E-state index contributed by atoms with van der Waals surface area (Å²) < 4.78 is 21.9. The molecule has 5 N–H and O–H groups in total. The van der Waals surface area contributed by atoms with Crippen LogP contribution in [0, 0.1) is 10.8 Å². The van der Waals surface area contributed by atoms with Crippen molar-refractivity contribution in [1.82, 2.24) is 35.0 Å². The first-order valence-corrected chi connectivity index (χ1v) is 20.0. The van der Waals surface area contributed by atoms with E-state index in [1.54, 1.807) is 12.3 Å². The molecule has 0 bridgehead atoms. The Balaban J connectivity index is 0.961. The fourth-order valence-corrected chi connectivity index (χ4v) is 7.50. The molecule has 3 aliphatic rings. The van der Waals surface area contributed by atoms with Gasteiger partial charge in [-0.15, -0.1) is 10.2 Å². The summed E-state index contributed by atoms with van der Waals surface area (Å²) >= 11 is 0. The number of amides is 2. The number of fused-ring (bicyclic) bond motifs is 2. The highest BCUT2D eigenvalue weighted by Crippen LogP contribution is 2.38. The smallest absolute Gasteiger partial charge is 0.323 e. The zero-order valence-electron chi connectivity index (χ0n) is 32.5. The Labute approximate surface area is 323 Å². The molecule has 3 atom stereocenters. The minimum atomic E-state index is -0.389. The van der Waals surface area contributed by atoms with Gasteiger partial charge in [0.05, 0.1) is 31.6 Å². The van der Waals surface area contributed by atoms with E-state index >= 15 is 0 Å². The van der Waals surface area contributed by atoms with Crippen LogP contribution in [0.25, 0.3) is 5.65 Å². The van der Waals surface area contributed by atoms with Crippen molar-refractivity contribution in [1.29, 1.82) is 5.41 Å². The van der Waals surface area contributed by atoms with Crippen LogP contribution in [0.5, 0.6) is 5.75 Å². The number of benzene rings is 1. The molecule has 14 heteroatoms. The Morgan fingerprint density at radius 2 is 1.85 bits per heavy atom. The van der Waals surface area contributed by atoms with Gasteiger partial charge in [0.25, 0.3) is 0 Å². The predicted octanol–water partition coefficient (Wildman–Crippen LogP) is 5.95. The molecule has 3 unspecified atom stereocenters. The largest absolute Gasteiger partial charge is 0.491 e. The molecule has 2 amide bonds. The molecular weight excluding hydrogens is 697 g/mol. The Morgan fingerprint density at radius 1 is 1.02 bits per heavy atom. The Kier molecular flexibility index (Phi) is 12.4. The summed E-state index contributed by atoms with van der Waals surface area (Å²) in [6, 6.07) is 11.8. The lowest BCUT2D eigenvalue weighted by molar-refractivity contribution is -0.522. The topological polar surface area (TPSA) is 161 Å². The van der Waals surface area contributed by atoms with Crippen molar-refractivity contribution in [3.8, 4) is 5.75 Å². The molecule has 0 radical (unpaired) electrons. The van der Waals surface area contributed by atoms with Crippen molar-refractivity contribution in [2.45, 2.75) is 103 Å². The molecule has 55 heavy (non-hydrogen) atoms. The molecule has 2 saturated heterocycles. The van der Waals surface area contributed by atoms with E-state index in [9.17, 15) is 4.79 Å². The Bertz CT molecular complexity index is 1940. The molecule has 3 aromatic heterocycles. The van der Waals surface area contributed by atoms with E-state index in [0.29, 0.717) is 31.3 Å². The van der Waals surface area contributed by atoms with Gasteiger partial charge in [0.2, 0.25) is 11.8 Å². The fourth-order valence-electron chi connectivity index (χ4n) is 7.50. The molecule has 1 aromatic carbocycles. The van der Waals surface area contributed by atoms with Gasteiger partial charge in [0.1, 0.15) is 11.9 Å². The molecular formula is C41H57N10O4+. The van der Waals surface area contributed by atoms with E-state index in [1.807, 2.05) is 65.8 Å². The van der Waals surface area contributed by atoms with Crippen LogP contribution in [-0.2, 0) is 16.0 Å². The monoisotopic (exact) mass is 753 g/mol. The zero-order valence-corrected chi connectivity index (χ0v) is 32.5. The summed E-state index contributed by atoms with van der Waals surface area (Å²) in [5.41, 5.74) is 3.94. The number of aryl methyl sites for hydroxylation is 1. The number of piperidine rings is 1. The molecule has 0 saturated carbocycles. The maximum atomic E-state index is 13.6. The lowest BCUT2D eigenvalue weighted by Gasteiger charge is -2.32. The van der Waals surface area contributed by atoms with Gasteiger partial charge in [-0.25, -0.2) is 4.79 Å². The summed E-state index contributed by atoms with van der Waals surface area (Å²) in [7, 11) is 0. The van der Waals surface area contributed by atoms with Crippen LogP contribution in [-0.4, -0.2) is 75.3 Å². The predicted molar refractivity (Wildman–Crippen MR) is 211 cm³/mol. The van der Waals surface area contributed by atoms with Crippen LogP contribution in [0.15, 0.2) is 66.9 Å². The average Bonchev–Trinajstić information content (AvgIpc) is 3.83. The number of quaternary nitrogens is 1. The number of carbonyl (C=O) groups excluding carboxylic acids is 1. The van der Waals surface area contributed by atoms with Gasteiger partial charge in [-0.2, -0.15) is 5.10 Å². The summed E-state index contributed by atoms with van der Waals surface area (Å²) in [5.74, 6) is 2.36. The lowest BCUT2D eigenvalue weighted by Crippen LogP contribution is -2.79. The SMILES string of the molecule is CC(C)(C)C(=N)C=C(NC(=O)NC1CCC(COc2ccc3nnc(N4CCCCC4)n3c2)c2ccccc21)[NH2+]c1cnn(CCCOC2CCCCO2)c1. The van der Waals surface area contributed by atoms with E-state index in [4.69, 9.17) is 19.6 Å². The first-order chi connectivity index (χ1) is 26.7. The number of anilines is 1. The highest BCUT2D eigenvalue weighted by molar-refractivity contribution is 5.97. The lowest BCUT2D eigenvalue weighted by atomic mass is 9.80. The van der Waals surface area contributed by atoms with Crippen molar-refractivity contribution in [3.05, 3.63) is 78.0 Å². The van der Waals surface area contributed by atoms with Crippen LogP contribution in [0.1, 0.15) is 102 Å². The van der Waals surface area contributed by atoms with Crippen molar-refractivity contribution in [2.24, 2.45) is 5.41 Å². The Morgan fingerprint density at radius 3 is 2.65 bits per heavy atom. The van der Waals surface area contributed by atoms with Crippen LogP contribution in [0.3, 0.4) is 0 Å². The normalized spacial score (nSPS) is 20.6. The number of ether oxygens (including phenoxy) is 3. The number of nitrogens with two attached hydrogens (primary N) is 1. The van der Waals surface area contributed by atoms with Crippen molar-refractivity contribution < 1.29 is 24.3 Å². The molecule has 7 rings (SSSR count). The molecule has 2 aliphatic heterocycles. The maximum absolute atomic E-state index is 13.6. The second kappa shape index (κ2) is 17.8. The maximum Gasteiger partial charge on any atom is 0.323 e. The van der Waals surface area contributed by atoms with E-state index < -0.39 is 0 Å². The van der Waals surface area contributed by atoms with Crippen LogP contribution in [0.2, 0.25) is 0 Å². The number of aromatic nitrogens is 5. The highest BCUT2D eigenvalue weighted by Gasteiger charge is 2.29. The van der Waals surface area contributed by atoms with Crippen molar-refractivity contribution in [2.75, 3.05) is 37.8 Å². The first-order valence-electron chi connectivity index (χ1n) is 20.0. The summed E-state index contributed by atoms with van der Waals surface area (Å²) in [5, 5.41) is 30.2. The van der Waals surface area contributed by atoms with Crippen LogP contribution < -0.4 is 25.6 Å². The Hall–Kier alpha value is -4.79. The van der Waals surface area contributed by atoms with Gasteiger partial charge >= 0.3 is 6.03 Å². The number of carbonyl (C=O) groups is 1. The number of hydrogen-bond acceptors (Lipinski definition) is 9. The molecule has 4 aromatic rings. The van der Waals surface area contributed by atoms with Crippen molar-refractivity contribution in [3.63, 3.8) is 0 Å². The molecule has 294 valence electrons. The standard InChI is InChI=1S/C41H56N10O4/c1-41(2,3)35(42)24-36(44-30-25-43-50(26-30)21-11-23-54-38-14-7-10-22-53-38)46-39(52)45-34-17-15-29(32-12-5-6-13-33(32)34)28-55-31-16-18-37-47-48-40(51(37)27-31)49-19-8-4-9-20-49/h5-6,12-13,16,18,24-27,29,34,38,42,44H,4,7-11,14-15,17,19-23,28H2,1-3H3,(H2,45,46,52)/p+1. The number of pyridine rings is 1. The fraction of sp³-hybridized carbons (Fsp3) is 0.537. The van der Waals surface area contributed by atoms with Gasteiger partial charge in [0.15, 0.2) is 17.6 Å². The molecule has 14 nitrogen and oxygen atoms in total. The number of nitrogens with one attached hydrogen (secondary N) is 3. The minimum absolute atomic E-state index is 0.0957. The van der Waals surface area contributed by atoms with E-state index in [1.165, 1.54) is 24.8 Å². The van der Waals surface area contributed by atoms with Crippen LogP contribution >= 0.6 is 0 Å². The van der Waals surface area contributed by atoms with Gasteiger partial charge in [-0.1, -0.05) is 45.0 Å². The second-order valence-electron chi connectivity index (χ2n) is 16.0. The highest BCUT2D eigenvalue weighted by atomic mass is 16.7. The van der Waals surface area contributed by atoms with Gasteiger partial charge in [-0.05, 0) is 81.0 Å². The van der Waals surface area contributed by atoms with Gasteiger partial charge in [-0.3, -0.25) is 19.7 Å². The third-order valence-corrected chi connectivity index (χ3v) is 10.7.